The molecule has 7 nitrogen and oxygen atoms in total. The SMILES string of the molecule is O=C1CCN(C(=O)c2ccc3ncnc(Nc4cccc(Br)c4)c3c2)C(=O)C1. The molecule has 1 saturated heterocycles. The summed E-state index contributed by atoms with van der Waals surface area (Å²) in [4.78, 5) is 45.9. The van der Waals surface area contributed by atoms with Gasteiger partial charge in [-0.05, 0) is 36.4 Å². The maximum atomic E-state index is 12.8. The van der Waals surface area contributed by atoms with Gasteiger partial charge >= 0.3 is 0 Å². The first-order chi connectivity index (χ1) is 13.5. The Morgan fingerprint density at radius 2 is 1.96 bits per heavy atom. The van der Waals surface area contributed by atoms with Crippen LogP contribution in [0.25, 0.3) is 10.9 Å². The summed E-state index contributed by atoms with van der Waals surface area (Å²) in [7, 11) is 0. The highest BCUT2D eigenvalue weighted by Gasteiger charge is 2.29. The number of aromatic nitrogens is 2. The molecule has 1 aliphatic heterocycles. The lowest BCUT2D eigenvalue weighted by atomic mass is 10.1. The largest absolute Gasteiger partial charge is 0.340 e. The molecular weight excluding hydrogens is 424 g/mol. The van der Waals surface area contributed by atoms with Crippen molar-refractivity contribution >= 4 is 55.9 Å². The molecule has 0 aliphatic carbocycles. The van der Waals surface area contributed by atoms with Gasteiger partial charge in [0.2, 0.25) is 5.91 Å². The van der Waals surface area contributed by atoms with Crippen molar-refractivity contribution in [3.05, 3.63) is 58.8 Å². The number of carbonyl (C=O) groups is 3. The van der Waals surface area contributed by atoms with Crippen LogP contribution in [0.15, 0.2) is 53.3 Å². The van der Waals surface area contributed by atoms with E-state index >= 15 is 0 Å². The van der Waals surface area contributed by atoms with Crippen LogP contribution in [-0.4, -0.2) is 39.0 Å². The van der Waals surface area contributed by atoms with Crippen LogP contribution in [-0.2, 0) is 9.59 Å². The number of imide groups is 1. The Kier molecular flexibility index (Phi) is 4.87. The van der Waals surface area contributed by atoms with Crippen LogP contribution in [0.2, 0.25) is 0 Å². The number of piperidine rings is 1. The number of ketones is 1. The number of hydrogen-bond donors (Lipinski definition) is 1. The van der Waals surface area contributed by atoms with E-state index in [2.05, 4.69) is 31.2 Å². The van der Waals surface area contributed by atoms with E-state index in [4.69, 9.17) is 0 Å². The molecule has 1 N–H and O–H groups in total. The number of Topliss-reactive ketones (excluding diaryl/α,β-unsaturated/α-hetero) is 1. The van der Waals surface area contributed by atoms with E-state index < -0.39 is 11.8 Å². The summed E-state index contributed by atoms with van der Waals surface area (Å²) >= 11 is 3.43. The van der Waals surface area contributed by atoms with Crippen molar-refractivity contribution in [1.29, 1.82) is 0 Å². The molecule has 2 heterocycles. The summed E-state index contributed by atoms with van der Waals surface area (Å²) < 4.78 is 0.921. The molecule has 1 fully saturated rings. The maximum Gasteiger partial charge on any atom is 0.260 e. The zero-order valence-corrected chi connectivity index (χ0v) is 16.3. The smallest absolute Gasteiger partial charge is 0.260 e. The monoisotopic (exact) mass is 438 g/mol. The average Bonchev–Trinajstić information content (AvgIpc) is 2.67. The Morgan fingerprint density at radius 1 is 1.11 bits per heavy atom. The fourth-order valence-electron chi connectivity index (χ4n) is 3.08. The van der Waals surface area contributed by atoms with Gasteiger partial charge in [-0.15, -0.1) is 0 Å². The fraction of sp³-hybridized carbons (Fsp3) is 0.150. The number of fused-ring (bicyclic) bond motifs is 1. The molecule has 3 aromatic rings. The Balaban J connectivity index is 1.69. The maximum absolute atomic E-state index is 12.8. The molecule has 2 amide bonds. The Morgan fingerprint density at radius 3 is 2.75 bits per heavy atom. The highest BCUT2D eigenvalue weighted by Crippen LogP contribution is 2.26. The number of carbonyl (C=O) groups excluding carboxylic acids is 3. The van der Waals surface area contributed by atoms with Crippen molar-refractivity contribution < 1.29 is 14.4 Å². The van der Waals surface area contributed by atoms with Crippen molar-refractivity contribution in [3.63, 3.8) is 0 Å². The second kappa shape index (κ2) is 7.47. The summed E-state index contributed by atoms with van der Waals surface area (Å²) in [6.45, 7) is 0.114. The standard InChI is InChI=1S/C20H15BrN4O3/c21-13-2-1-3-14(9-13)24-19-16-8-12(4-5-17(16)22-11-23-19)20(28)25-7-6-15(26)10-18(25)27/h1-5,8-9,11H,6-7,10H2,(H,22,23,24). The topological polar surface area (TPSA) is 92.3 Å². The van der Waals surface area contributed by atoms with Gasteiger partial charge < -0.3 is 5.32 Å². The summed E-state index contributed by atoms with van der Waals surface area (Å²) in [5, 5.41) is 3.89. The number of hydrogen-bond acceptors (Lipinski definition) is 6. The highest BCUT2D eigenvalue weighted by atomic mass is 79.9. The second-order valence-electron chi connectivity index (χ2n) is 6.41. The van der Waals surface area contributed by atoms with Crippen molar-refractivity contribution in [3.8, 4) is 0 Å². The zero-order chi connectivity index (χ0) is 19.7. The summed E-state index contributed by atoms with van der Waals surface area (Å²) in [5.41, 5.74) is 1.85. The number of benzene rings is 2. The first-order valence-corrected chi connectivity index (χ1v) is 9.44. The fourth-order valence-corrected chi connectivity index (χ4v) is 3.48. The van der Waals surface area contributed by atoms with E-state index in [9.17, 15) is 14.4 Å². The number of anilines is 2. The predicted octanol–water partition coefficient (Wildman–Crippen LogP) is 3.47. The van der Waals surface area contributed by atoms with Crippen molar-refractivity contribution in [2.24, 2.45) is 0 Å². The molecule has 8 heteroatoms. The molecule has 1 aromatic heterocycles. The van der Waals surface area contributed by atoms with E-state index in [-0.39, 0.29) is 25.2 Å². The van der Waals surface area contributed by atoms with Crippen LogP contribution in [0.5, 0.6) is 0 Å². The normalized spacial score (nSPS) is 14.4. The molecule has 0 saturated carbocycles. The number of rotatable bonds is 3. The number of nitrogens with zero attached hydrogens (tertiary/aromatic N) is 3. The molecule has 0 unspecified atom stereocenters. The number of likely N-dealkylation sites (tertiary alicyclic amines) is 1. The third-order valence-corrected chi connectivity index (χ3v) is 4.97. The van der Waals surface area contributed by atoms with E-state index in [0.29, 0.717) is 22.3 Å². The minimum Gasteiger partial charge on any atom is -0.340 e. The average molecular weight is 439 g/mol. The van der Waals surface area contributed by atoms with E-state index in [1.807, 2.05) is 24.3 Å². The van der Waals surface area contributed by atoms with Gasteiger partial charge in [-0.3, -0.25) is 19.3 Å². The van der Waals surface area contributed by atoms with Crippen molar-refractivity contribution in [2.75, 3.05) is 11.9 Å². The molecular formula is C20H15BrN4O3. The van der Waals surface area contributed by atoms with E-state index in [1.54, 1.807) is 18.2 Å². The van der Waals surface area contributed by atoms with Crippen LogP contribution in [0.1, 0.15) is 23.2 Å². The van der Waals surface area contributed by atoms with Gasteiger partial charge in [0.05, 0.1) is 11.9 Å². The lowest BCUT2D eigenvalue weighted by Crippen LogP contribution is -2.43. The Labute approximate surface area is 168 Å². The van der Waals surface area contributed by atoms with E-state index in [0.717, 1.165) is 15.1 Å². The lowest BCUT2D eigenvalue weighted by molar-refractivity contribution is -0.136. The summed E-state index contributed by atoms with van der Waals surface area (Å²) in [5.74, 6) is -0.464. The highest BCUT2D eigenvalue weighted by molar-refractivity contribution is 9.10. The quantitative estimate of drug-likeness (QED) is 0.497. The lowest BCUT2D eigenvalue weighted by Gasteiger charge is -2.24. The van der Waals surface area contributed by atoms with Crippen LogP contribution < -0.4 is 5.32 Å². The molecule has 1 aliphatic rings. The van der Waals surface area contributed by atoms with Gasteiger partial charge in [0.25, 0.3) is 5.91 Å². The Hall–Kier alpha value is -3.13. The van der Waals surface area contributed by atoms with Crippen LogP contribution >= 0.6 is 15.9 Å². The van der Waals surface area contributed by atoms with Gasteiger partial charge in [-0.2, -0.15) is 0 Å². The first-order valence-electron chi connectivity index (χ1n) is 8.65. The minimum absolute atomic E-state index is 0.114. The predicted molar refractivity (Wildman–Crippen MR) is 107 cm³/mol. The number of nitrogens with one attached hydrogen (secondary N) is 1. The van der Waals surface area contributed by atoms with Gasteiger partial charge in [0, 0.05) is 34.1 Å². The van der Waals surface area contributed by atoms with Crippen LogP contribution in [0.3, 0.4) is 0 Å². The zero-order valence-electron chi connectivity index (χ0n) is 14.7. The van der Waals surface area contributed by atoms with E-state index in [1.165, 1.54) is 6.33 Å². The number of halogens is 1. The van der Waals surface area contributed by atoms with Crippen LogP contribution in [0.4, 0.5) is 11.5 Å². The number of amides is 2. The second-order valence-corrected chi connectivity index (χ2v) is 7.32. The third-order valence-electron chi connectivity index (χ3n) is 4.48. The molecule has 0 bridgehead atoms. The minimum atomic E-state index is -0.460. The summed E-state index contributed by atoms with van der Waals surface area (Å²) in [6.07, 6.45) is 1.42. The molecule has 4 rings (SSSR count). The van der Waals surface area contributed by atoms with Crippen molar-refractivity contribution in [1.82, 2.24) is 14.9 Å². The third kappa shape index (κ3) is 3.63. The molecule has 0 radical (unpaired) electrons. The molecule has 0 spiro atoms. The van der Waals surface area contributed by atoms with Gasteiger partial charge in [0.15, 0.2) is 0 Å². The van der Waals surface area contributed by atoms with Crippen molar-refractivity contribution in [2.45, 2.75) is 12.8 Å². The summed E-state index contributed by atoms with van der Waals surface area (Å²) in [6, 6.07) is 12.6. The van der Waals surface area contributed by atoms with Gasteiger partial charge in [-0.1, -0.05) is 22.0 Å². The molecule has 28 heavy (non-hydrogen) atoms. The molecule has 2 aromatic carbocycles. The van der Waals surface area contributed by atoms with Crippen LogP contribution in [0, 0.1) is 0 Å². The molecule has 0 atom stereocenters. The Bertz CT molecular complexity index is 1120. The molecule has 140 valence electrons. The first kappa shape index (κ1) is 18.2. The van der Waals surface area contributed by atoms with Gasteiger partial charge in [-0.25, -0.2) is 9.97 Å². The van der Waals surface area contributed by atoms with Gasteiger partial charge in [0.1, 0.15) is 17.9 Å².